The summed E-state index contributed by atoms with van der Waals surface area (Å²) in [5.41, 5.74) is -1.32. The third-order valence-corrected chi connectivity index (χ3v) is 3.66. The minimum Gasteiger partial charge on any atom is -0.497 e. The Bertz CT molecular complexity index is 746. The maximum Gasteiger partial charge on any atom is 0.337 e. The van der Waals surface area contributed by atoms with E-state index in [0.29, 0.717) is 11.6 Å². The molecule has 0 bridgehead atoms. The van der Waals surface area contributed by atoms with Gasteiger partial charge in [-0.05, 0) is 19.1 Å². The van der Waals surface area contributed by atoms with Crippen molar-refractivity contribution in [2.45, 2.75) is 12.5 Å². The molecule has 24 heavy (non-hydrogen) atoms. The van der Waals surface area contributed by atoms with Crippen LogP contribution in [0.1, 0.15) is 6.92 Å². The number of amides is 2. The van der Waals surface area contributed by atoms with Crippen LogP contribution >= 0.6 is 11.5 Å². The van der Waals surface area contributed by atoms with Crippen LogP contribution in [0.25, 0.3) is 11.4 Å². The number of urea groups is 1. The van der Waals surface area contributed by atoms with Crippen LogP contribution in [0.4, 0.5) is 9.93 Å². The molecule has 10 heteroatoms. The van der Waals surface area contributed by atoms with Gasteiger partial charge in [0.15, 0.2) is 11.4 Å². The Labute approximate surface area is 141 Å². The highest BCUT2D eigenvalue weighted by molar-refractivity contribution is 7.10. The number of anilines is 1. The highest BCUT2D eigenvalue weighted by Gasteiger charge is 2.30. The number of carbonyl (C=O) groups excluding carboxylic acids is 1. The average molecular weight is 352 g/mol. The molecule has 1 aromatic heterocycles. The molecule has 0 saturated carbocycles. The molecule has 2 aromatic rings. The van der Waals surface area contributed by atoms with E-state index in [0.717, 1.165) is 24.0 Å². The summed E-state index contributed by atoms with van der Waals surface area (Å²) in [5, 5.41) is 23.2. The van der Waals surface area contributed by atoms with E-state index in [1.54, 1.807) is 31.4 Å². The number of hydrogen-bond acceptors (Lipinski definition) is 7. The second-order valence-electron chi connectivity index (χ2n) is 5.04. The van der Waals surface area contributed by atoms with Crippen LogP contribution in [0.15, 0.2) is 24.3 Å². The molecule has 0 aliphatic rings. The van der Waals surface area contributed by atoms with E-state index in [4.69, 9.17) is 9.84 Å². The van der Waals surface area contributed by atoms with Gasteiger partial charge < -0.3 is 20.3 Å². The van der Waals surface area contributed by atoms with Gasteiger partial charge in [-0.2, -0.15) is 9.36 Å². The first-order chi connectivity index (χ1) is 11.3. The molecule has 0 fully saturated rings. The molecule has 1 aromatic carbocycles. The van der Waals surface area contributed by atoms with E-state index >= 15 is 0 Å². The zero-order valence-corrected chi connectivity index (χ0v) is 13.8. The molecule has 0 radical (unpaired) electrons. The van der Waals surface area contributed by atoms with Gasteiger partial charge in [0.2, 0.25) is 5.13 Å². The number of carbonyl (C=O) groups is 2. The lowest BCUT2D eigenvalue weighted by atomic mass is 10.1. The largest absolute Gasteiger partial charge is 0.497 e. The predicted octanol–water partition coefficient (Wildman–Crippen LogP) is 1.17. The van der Waals surface area contributed by atoms with Crippen molar-refractivity contribution in [2.24, 2.45) is 0 Å². The summed E-state index contributed by atoms with van der Waals surface area (Å²) in [6, 6.07) is 6.46. The molecule has 1 unspecified atom stereocenters. The van der Waals surface area contributed by atoms with Crippen LogP contribution in [-0.2, 0) is 4.79 Å². The first-order valence-corrected chi connectivity index (χ1v) is 7.58. The molecule has 0 saturated heterocycles. The Morgan fingerprint density at radius 3 is 2.83 bits per heavy atom. The molecule has 2 rings (SSSR count). The Hall–Kier alpha value is -2.72. The number of aliphatic hydroxyl groups is 1. The van der Waals surface area contributed by atoms with Crippen molar-refractivity contribution >= 4 is 28.7 Å². The fourth-order valence-electron chi connectivity index (χ4n) is 1.62. The van der Waals surface area contributed by atoms with Gasteiger partial charge in [0.1, 0.15) is 5.75 Å². The number of nitrogens with zero attached hydrogens (tertiary/aromatic N) is 2. The van der Waals surface area contributed by atoms with Crippen LogP contribution < -0.4 is 15.4 Å². The Morgan fingerprint density at radius 1 is 1.42 bits per heavy atom. The standard InChI is InChI=1S/C14H16N4O5S/c1-14(22,11(19)20)7-15-12(21)17-13-16-10(18-24-13)8-4-3-5-9(6-8)23-2/h3-6,22H,7H2,1-2H3,(H,19,20)(H2,15,16,17,18,21). The van der Waals surface area contributed by atoms with E-state index in [2.05, 4.69) is 20.0 Å². The molecule has 1 atom stereocenters. The van der Waals surface area contributed by atoms with Crippen molar-refractivity contribution in [3.05, 3.63) is 24.3 Å². The van der Waals surface area contributed by atoms with Crippen LogP contribution in [0.5, 0.6) is 5.75 Å². The van der Waals surface area contributed by atoms with E-state index in [1.807, 2.05) is 0 Å². The third kappa shape index (κ3) is 4.40. The van der Waals surface area contributed by atoms with Crippen molar-refractivity contribution < 1.29 is 24.5 Å². The van der Waals surface area contributed by atoms with Gasteiger partial charge in [-0.3, -0.25) is 5.32 Å². The Kier molecular flexibility index (Phi) is 5.31. The van der Waals surface area contributed by atoms with E-state index < -0.39 is 24.1 Å². The second kappa shape index (κ2) is 7.23. The lowest BCUT2D eigenvalue weighted by molar-refractivity contribution is -0.155. The first kappa shape index (κ1) is 17.6. The number of rotatable bonds is 6. The SMILES string of the molecule is COc1cccc(-c2nsc(NC(=O)NCC(C)(O)C(=O)O)n2)c1. The number of aromatic nitrogens is 2. The quantitative estimate of drug-likeness (QED) is 0.613. The highest BCUT2D eigenvalue weighted by atomic mass is 32.1. The summed E-state index contributed by atoms with van der Waals surface area (Å²) in [6.07, 6.45) is 0. The minimum absolute atomic E-state index is 0.236. The number of carboxylic acids is 1. The van der Waals surface area contributed by atoms with Crippen LogP contribution in [0.2, 0.25) is 0 Å². The number of aliphatic carboxylic acids is 1. The second-order valence-corrected chi connectivity index (χ2v) is 5.79. The monoisotopic (exact) mass is 352 g/mol. The van der Waals surface area contributed by atoms with Gasteiger partial charge in [0.25, 0.3) is 0 Å². The van der Waals surface area contributed by atoms with Gasteiger partial charge in [0, 0.05) is 17.1 Å². The van der Waals surface area contributed by atoms with Crippen molar-refractivity contribution in [3.63, 3.8) is 0 Å². The summed E-state index contributed by atoms with van der Waals surface area (Å²) in [5.74, 6) is -0.351. The number of methoxy groups -OCH3 is 1. The van der Waals surface area contributed by atoms with Crippen molar-refractivity contribution in [2.75, 3.05) is 19.0 Å². The number of hydrogen-bond donors (Lipinski definition) is 4. The average Bonchev–Trinajstić information content (AvgIpc) is 3.01. The van der Waals surface area contributed by atoms with Crippen LogP contribution in [-0.4, -0.2) is 50.8 Å². The molecule has 2 amide bonds. The number of carboxylic acid groups (broad SMARTS) is 1. The first-order valence-electron chi connectivity index (χ1n) is 6.80. The van der Waals surface area contributed by atoms with Gasteiger partial charge in [-0.15, -0.1) is 0 Å². The normalized spacial score (nSPS) is 13.0. The number of nitrogens with one attached hydrogen (secondary N) is 2. The van der Waals surface area contributed by atoms with Crippen molar-refractivity contribution in [3.8, 4) is 17.1 Å². The summed E-state index contributed by atoms with van der Waals surface area (Å²) >= 11 is 0.973. The minimum atomic E-state index is -2.05. The van der Waals surface area contributed by atoms with E-state index in [9.17, 15) is 14.7 Å². The van der Waals surface area contributed by atoms with Gasteiger partial charge >= 0.3 is 12.0 Å². The zero-order chi connectivity index (χ0) is 17.7. The fraction of sp³-hybridized carbons (Fsp3) is 0.286. The summed E-state index contributed by atoms with van der Waals surface area (Å²) in [6.45, 7) is 0.636. The third-order valence-electron chi connectivity index (χ3n) is 3.03. The number of benzene rings is 1. The lowest BCUT2D eigenvalue weighted by Crippen LogP contribution is -2.47. The van der Waals surface area contributed by atoms with Crippen molar-refractivity contribution in [1.82, 2.24) is 14.7 Å². The van der Waals surface area contributed by atoms with Crippen LogP contribution in [0.3, 0.4) is 0 Å². The van der Waals surface area contributed by atoms with Crippen LogP contribution in [0, 0.1) is 0 Å². The topological polar surface area (TPSA) is 134 Å². The molecule has 0 spiro atoms. The molecule has 128 valence electrons. The smallest absolute Gasteiger partial charge is 0.337 e. The zero-order valence-electron chi connectivity index (χ0n) is 12.9. The molecule has 4 N–H and O–H groups in total. The van der Waals surface area contributed by atoms with E-state index in [1.165, 1.54) is 0 Å². The highest BCUT2D eigenvalue weighted by Crippen LogP contribution is 2.24. The predicted molar refractivity (Wildman–Crippen MR) is 87.2 cm³/mol. The summed E-state index contributed by atoms with van der Waals surface area (Å²) in [4.78, 5) is 26.6. The Morgan fingerprint density at radius 2 is 2.17 bits per heavy atom. The molecule has 9 nitrogen and oxygen atoms in total. The van der Waals surface area contributed by atoms with Gasteiger partial charge in [0.05, 0.1) is 13.7 Å². The summed E-state index contributed by atoms with van der Waals surface area (Å²) < 4.78 is 9.27. The molecule has 0 aliphatic carbocycles. The fourth-order valence-corrected chi connectivity index (χ4v) is 2.21. The molecular formula is C14H16N4O5S. The number of ether oxygens (including phenoxy) is 1. The lowest BCUT2D eigenvalue weighted by Gasteiger charge is -2.17. The maximum absolute atomic E-state index is 11.7. The van der Waals surface area contributed by atoms with E-state index in [-0.39, 0.29) is 5.13 Å². The van der Waals surface area contributed by atoms with Gasteiger partial charge in [-0.1, -0.05) is 12.1 Å². The maximum atomic E-state index is 11.7. The Balaban J connectivity index is 1.98. The van der Waals surface area contributed by atoms with Crippen molar-refractivity contribution in [1.29, 1.82) is 0 Å². The molecule has 0 aliphatic heterocycles. The summed E-state index contributed by atoms with van der Waals surface area (Å²) in [7, 11) is 1.55. The molecular weight excluding hydrogens is 336 g/mol. The molecule has 1 heterocycles. The van der Waals surface area contributed by atoms with Gasteiger partial charge in [-0.25, -0.2) is 9.59 Å².